The number of rotatable bonds is 46. The Balaban J connectivity index is 1.66. The number of unbranched alkanes of at least 4 members (excludes halogenated alkanes) is 33. The largest absolute Gasteiger partial charge is 0.394 e. The molecule has 0 aliphatic carbocycles. The first kappa shape index (κ1) is 64.1. The second kappa shape index (κ2) is 42.4. The predicted molar refractivity (Wildman–Crippen MR) is 272 cm³/mol. The highest BCUT2D eigenvalue weighted by Gasteiger charge is 2.51. The van der Waals surface area contributed by atoms with E-state index < -0.39 is 86.8 Å². The quantitative estimate of drug-likeness (QED) is 0.0260. The average molecular weight is 990 g/mol. The second-order valence-electron chi connectivity index (χ2n) is 20.8. The van der Waals surface area contributed by atoms with Crippen molar-refractivity contribution >= 4 is 5.91 Å². The van der Waals surface area contributed by atoms with E-state index >= 15 is 0 Å². The van der Waals surface area contributed by atoms with Crippen LogP contribution in [0.4, 0.5) is 0 Å². The molecule has 69 heavy (non-hydrogen) atoms. The van der Waals surface area contributed by atoms with Crippen LogP contribution >= 0.6 is 0 Å². The number of nitrogens with one attached hydrogen (secondary N) is 1. The molecule has 14 nitrogen and oxygen atoms in total. The van der Waals surface area contributed by atoms with Crippen LogP contribution in [0, 0.1) is 0 Å². The molecule has 12 unspecified atom stereocenters. The lowest BCUT2D eigenvalue weighted by Gasteiger charge is -2.46. The van der Waals surface area contributed by atoms with E-state index in [0.29, 0.717) is 12.8 Å². The molecule has 2 saturated heterocycles. The van der Waals surface area contributed by atoms with Crippen molar-refractivity contribution in [3.05, 3.63) is 0 Å². The summed E-state index contributed by atoms with van der Waals surface area (Å²) < 4.78 is 22.7. The summed E-state index contributed by atoms with van der Waals surface area (Å²) in [5.74, 6) is -0.203. The molecule has 0 radical (unpaired) electrons. The van der Waals surface area contributed by atoms with Gasteiger partial charge in [-0.3, -0.25) is 4.79 Å². The Morgan fingerprint density at radius 1 is 0.464 bits per heavy atom. The zero-order chi connectivity index (χ0) is 50.3. The van der Waals surface area contributed by atoms with Crippen LogP contribution in [0.3, 0.4) is 0 Å². The molecule has 14 heteroatoms. The predicted octanol–water partition coefficient (Wildman–Crippen LogP) is 8.95. The fourth-order valence-electron chi connectivity index (χ4n) is 9.89. The van der Waals surface area contributed by atoms with Gasteiger partial charge < -0.3 is 65.1 Å². The molecule has 1 amide bonds. The Labute approximate surface area is 419 Å². The molecular formula is C55H107NO13. The van der Waals surface area contributed by atoms with E-state index in [1.807, 2.05) is 0 Å². The normalized spacial score (nSPS) is 26.1. The van der Waals surface area contributed by atoms with Crippen molar-refractivity contribution in [2.45, 2.75) is 325 Å². The minimum absolute atomic E-state index is 0.203. The van der Waals surface area contributed by atoms with Crippen LogP contribution in [0.1, 0.15) is 251 Å². The van der Waals surface area contributed by atoms with E-state index in [1.165, 1.54) is 173 Å². The van der Waals surface area contributed by atoms with Gasteiger partial charge in [0.15, 0.2) is 12.6 Å². The summed E-state index contributed by atoms with van der Waals surface area (Å²) in [6.45, 7) is 2.85. The Morgan fingerprint density at radius 2 is 0.826 bits per heavy atom. The van der Waals surface area contributed by atoms with Gasteiger partial charge in [-0.1, -0.05) is 232 Å². The molecule has 9 N–H and O–H groups in total. The molecule has 2 aliphatic rings. The Morgan fingerprint density at radius 3 is 1.23 bits per heavy atom. The maximum atomic E-state index is 13.2. The molecule has 0 aromatic heterocycles. The Hall–Kier alpha value is -1.01. The first-order valence-electron chi connectivity index (χ1n) is 28.8. The second-order valence-corrected chi connectivity index (χ2v) is 20.8. The summed E-state index contributed by atoms with van der Waals surface area (Å²) >= 11 is 0. The molecule has 2 rings (SSSR count). The van der Waals surface area contributed by atoms with Crippen molar-refractivity contribution in [2.75, 3.05) is 19.8 Å². The highest BCUT2D eigenvalue weighted by Crippen LogP contribution is 2.30. The van der Waals surface area contributed by atoms with Crippen LogP contribution in [0.2, 0.25) is 0 Å². The van der Waals surface area contributed by atoms with Gasteiger partial charge in [-0.15, -0.1) is 0 Å². The first-order valence-corrected chi connectivity index (χ1v) is 28.8. The maximum absolute atomic E-state index is 13.2. The molecule has 2 aliphatic heterocycles. The van der Waals surface area contributed by atoms with E-state index in [0.717, 1.165) is 51.4 Å². The summed E-state index contributed by atoms with van der Waals surface area (Å²) in [7, 11) is 0. The van der Waals surface area contributed by atoms with Gasteiger partial charge in [0.2, 0.25) is 5.91 Å². The van der Waals surface area contributed by atoms with Crippen LogP contribution in [-0.4, -0.2) is 140 Å². The Bertz CT molecular complexity index is 1170. The molecular weight excluding hydrogens is 883 g/mol. The minimum atomic E-state index is -1.78. The standard InChI is InChI=1S/C55H107NO13/c1-3-5-7-9-11-13-14-15-16-17-18-19-20-21-22-23-24-25-26-27-28-29-31-33-35-37-39-47(60)56-43(44(59)38-36-34-32-30-12-10-8-6-4-2)42-66-54-52(65)50(63)53(46(41-58)68-54)69-55-51(64)49(62)48(61)45(40-57)67-55/h43-46,48-55,57-59,61-65H,3-42H2,1-2H3,(H,56,60). The van der Waals surface area contributed by atoms with E-state index in [2.05, 4.69) is 19.2 Å². The molecule has 0 aromatic carbocycles. The fourth-order valence-corrected chi connectivity index (χ4v) is 9.89. The van der Waals surface area contributed by atoms with Crippen molar-refractivity contribution in [2.24, 2.45) is 0 Å². The summed E-state index contributed by atoms with van der Waals surface area (Å²) in [4.78, 5) is 13.2. The number of carbonyl (C=O) groups is 1. The minimum Gasteiger partial charge on any atom is -0.394 e. The highest BCUT2D eigenvalue weighted by molar-refractivity contribution is 5.76. The third-order valence-electron chi connectivity index (χ3n) is 14.6. The molecule has 0 aromatic rings. The van der Waals surface area contributed by atoms with Crippen molar-refractivity contribution in [3.63, 3.8) is 0 Å². The molecule has 0 spiro atoms. The molecule has 2 heterocycles. The van der Waals surface area contributed by atoms with Gasteiger partial charge in [0, 0.05) is 6.42 Å². The third-order valence-corrected chi connectivity index (χ3v) is 14.6. The van der Waals surface area contributed by atoms with Crippen molar-refractivity contribution < 1.29 is 64.6 Å². The third kappa shape index (κ3) is 28.9. The monoisotopic (exact) mass is 990 g/mol. The van der Waals surface area contributed by atoms with Gasteiger partial charge in [0.05, 0.1) is 32.0 Å². The Kier molecular flexibility index (Phi) is 39.4. The SMILES string of the molecule is CCCCCCCCCCCCCCCCCCCCCCCCCCCCC(=O)NC(COC1OC(CO)C(OC2OC(CO)C(O)C(O)C2O)C(O)C1O)C(O)CCCCCCCCCCC. The van der Waals surface area contributed by atoms with E-state index in [1.54, 1.807) is 0 Å². The molecule has 0 bridgehead atoms. The lowest BCUT2D eigenvalue weighted by Crippen LogP contribution is -2.65. The van der Waals surface area contributed by atoms with Gasteiger partial charge >= 0.3 is 0 Å². The van der Waals surface area contributed by atoms with E-state index in [4.69, 9.17) is 18.9 Å². The number of ether oxygens (including phenoxy) is 4. The van der Waals surface area contributed by atoms with E-state index in [-0.39, 0.29) is 12.5 Å². The van der Waals surface area contributed by atoms with Crippen LogP contribution in [0.15, 0.2) is 0 Å². The fraction of sp³-hybridized carbons (Fsp3) is 0.982. The zero-order valence-corrected chi connectivity index (χ0v) is 43.8. The summed E-state index contributed by atoms with van der Waals surface area (Å²) in [5.41, 5.74) is 0. The van der Waals surface area contributed by atoms with Gasteiger partial charge in [0.25, 0.3) is 0 Å². The van der Waals surface area contributed by atoms with Gasteiger partial charge in [0.1, 0.15) is 48.8 Å². The number of hydrogen-bond acceptors (Lipinski definition) is 13. The van der Waals surface area contributed by atoms with Gasteiger partial charge in [-0.2, -0.15) is 0 Å². The van der Waals surface area contributed by atoms with Gasteiger partial charge in [-0.05, 0) is 12.8 Å². The number of carbonyl (C=O) groups excluding carboxylic acids is 1. The first-order chi connectivity index (χ1) is 33.6. The summed E-state index contributed by atoms with van der Waals surface area (Å²) in [5, 5.41) is 86.9. The molecule has 12 atom stereocenters. The maximum Gasteiger partial charge on any atom is 0.220 e. The molecule has 0 saturated carbocycles. The summed E-state index contributed by atoms with van der Waals surface area (Å²) in [6, 6.07) is -0.820. The average Bonchev–Trinajstić information content (AvgIpc) is 3.35. The van der Waals surface area contributed by atoms with Gasteiger partial charge in [-0.25, -0.2) is 0 Å². The van der Waals surface area contributed by atoms with Crippen molar-refractivity contribution in [1.29, 1.82) is 0 Å². The molecule has 410 valence electrons. The number of aliphatic hydroxyl groups is 8. The van der Waals surface area contributed by atoms with Crippen LogP contribution in [-0.2, 0) is 23.7 Å². The van der Waals surface area contributed by atoms with Crippen LogP contribution in [0.25, 0.3) is 0 Å². The summed E-state index contributed by atoms with van der Waals surface area (Å²) in [6.07, 6.45) is 28.5. The number of aliphatic hydroxyl groups excluding tert-OH is 8. The number of amides is 1. The van der Waals surface area contributed by atoms with Crippen LogP contribution < -0.4 is 5.32 Å². The van der Waals surface area contributed by atoms with E-state index in [9.17, 15) is 45.6 Å². The molecule has 2 fully saturated rings. The highest BCUT2D eigenvalue weighted by atomic mass is 16.7. The van der Waals surface area contributed by atoms with Crippen molar-refractivity contribution in [1.82, 2.24) is 5.32 Å². The topological polar surface area (TPSA) is 228 Å². The van der Waals surface area contributed by atoms with Crippen LogP contribution in [0.5, 0.6) is 0 Å². The number of hydrogen-bond donors (Lipinski definition) is 9. The zero-order valence-electron chi connectivity index (χ0n) is 43.8. The lowest BCUT2D eigenvalue weighted by molar-refractivity contribution is -0.359. The smallest absolute Gasteiger partial charge is 0.220 e. The van der Waals surface area contributed by atoms with Crippen molar-refractivity contribution in [3.8, 4) is 0 Å². The lowest BCUT2D eigenvalue weighted by atomic mass is 9.97.